The third-order valence-corrected chi connectivity index (χ3v) is 2.46. The van der Waals surface area contributed by atoms with Crippen LogP contribution in [-0.4, -0.2) is 54.5 Å². The van der Waals surface area contributed by atoms with E-state index in [1.54, 1.807) is 6.92 Å². The molecule has 0 spiro atoms. The SMILES string of the molecule is C=CCN1CCN(C(=O)C(C)N)CC1. The fourth-order valence-corrected chi connectivity index (χ4v) is 1.62. The maximum atomic E-state index is 11.5. The number of nitrogens with zero attached hydrogens (tertiary/aromatic N) is 2. The number of hydrogen-bond acceptors (Lipinski definition) is 3. The zero-order valence-corrected chi connectivity index (χ0v) is 8.78. The Bertz CT molecular complexity index is 207. The second-order valence-electron chi connectivity index (χ2n) is 3.70. The van der Waals surface area contributed by atoms with E-state index in [4.69, 9.17) is 5.73 Å². The minimum atomic E-state index is -0.374. The van der Waals surface area contributed by atoms with Crippen molar-refractivity contribution >= 4 is 5.91 Å². The van der Waals surface area contributed by atoms with Crippen molar-refractivity contribution in [3.05, 3.63) is 12.7 Å². The van der Waals surface area contributed by atoms with Crippen molar-refractivity contribution in [3.8, 4) is 0 Å². The van der Waals surface area contributed by atoms with Gasteiger partial charge in [-0.2, -0.15) is 0 Å². The molecule has 4 heteroatoms. The van der Waals surface area contributed by atoms with Crippen molar-refractivity contribution in [2.45, 2.75) is 13.0 Å². The molecule has 1 fully saturated rings. The monoisotopic (exact) mass is 197 g/mol. The molecule has 1 heterocycles. The number of hydrogen-bond donors (Lipinski definition) is 1. The zero-order chi connectivity index (χ0) is 10.6. The van der Waals surface area contributed by atoms with E-state index in [0.29, 0.717) is 0 Å². The summed E-state index contributed by atoms with van der Waals surface area (Å²) in [6.45, 7) is 9.75. The summed E-state index contributed by atoms with van der Waals surface area (Å²) in [5.74, 6) is 0.0586. The lowest BCUT2D eigenvalue weighted by molar-refractivity contribution is -0.133. The lowest BCUT2D eigenvalue weighted by Gasteiger charge is -2.34. The first-order valence-electron chi connectivity index (χ1n) is 5.02. The smallest absolute Gasteiger partial charge is 0.239 e. The predicted octanol–water partition coefficient (Wildman–Crippen LogP) is -0.336. The zero-order valence-electron chi connectivity index (χ0n) is 8.78. The van der Waals surface area contributed by atoms with Gasteiger partial charge in [0.25, 0.3) is 0 Å². The largest absolute Gasteiger partial charge is 0.339 e. The first kappa shape index (κ1) is 11.2. The van der Waals surface area contributed by atoms with Gasteiger partial charge >= 0.3 is 0 Å². The Morgan fingerprint density at radius 2 is 2.07 bits per heavy atom. The molecule has 1 amide bonds. The molecule has 0 aliphatic carbocycles. The first-order chi connectivity index (χ1) is 6.65. The molecule has 0 aromatic heterocycles. The molecule has 2 N–H and O–H groups in total. The molecule has 0 bridgehead atoms. The second-order valence-corrected chi connectivity index (χ2v) is 3.70. The standard InChI is InChI=1S/C10H19N3O/c1-3-4-12-5-7-13(8-6-12)10(14)9(2)11/h3,9H,1,4-8,11H2,2H3. The minimum absolute atomic E-state index is 0.0586. The molecule has 80 valence electrons. The molecular formula is C10H19N3O. The Balaban J connectivity index is 2.35. The van der Waals surface area contributed by atoms with E-state index in [1.165, 1.54) is 0 Å². The Labute approximate surface area is 85.3 Å². The van der Waals surface area contributed by atoms with Crippen LogP contribution in [0.1, 0.15) is 6.92 Å². The maximum Gasteiger partial charge on any atom is 0.239 e. The van der Waals surface area contributed by atoms with E-state index in [1.807, 2.05) is 11.0 Å². The summed E-state index contributed by atoms with van der Waals surface area (Å²) in [5, 5.41) is 0. The Morgan fingerprint density at radius 3 is 2.50 bits per heavy atom. The molecule has 1 unspecified atom stereocenters. The molecule has 0 aromatic rings. The van der Waals surface area contributed by atoms with Gasteiger partial charge in [-0.1, -0.05) is 6.08 Å². The lowest BCUT2D eigenvalue weighted by atomic mass is 10.2. The van der Waals surface area contributed by atoms with Crippen molar-refractivity contribution in [3.63, 3.8) is 0 Å². The van der Waals surface area contributed by atoms with Crippen LogP contribution in [0.15, 0.2) is 12.7 Å². The topological polar surface area (TPSA) is 49.6 Å². The summed E-state index contributed by atoms with van der Waals surface area (Å²) < 4.78 is 0. The number of amides is 1. The van der Waals surface area contributed by atoms with Crippen LogP contribution in [0.25, 0.3) is 0 Å². The Hall–Kier alpha value is -0.870. The molecule has 1 saturated heterocycles. The number of nitrogens with two attached hydrogens (primary N) is 1. The highest BCUT2D eigenvalue weighted by atomic mass is 16.2. The number of carbonyl (C=O) groups excluding carboxylic acids is 1. The molecule has 1 aliphatic rings. The first-order valence-corrected chi connectivity index (χ1v) is 5.02. The van der Waals surface area contributed by atoms with Crippen molar-refractivity contribution < 1.29 is 4.79 Å². The minimum Gasteiger partial charge on any atom is -0.339 e. The third-order valence-electron chi connectivity index (χ3n) is 2.46. The normalized spacial score (nSPS) is 20.6. The number of piperazine rings is 1. The van der Waals surface area contributed by atoms with E-state index in [2.05, 4.69) is 11.5 Å². The summed E-state index contributed by atoms with van der Waals surface area (Å²) in [4.78, 5) is 15.6. The van der Waals surface area contributed by atoms with Crippen LogP contribution < -0.4 is 5.73 Å². The van der Waals surface area contributed by atoms with Gasteiger partial charge in [0.15, 0.2) is 0 Å². The second kappa shape index (κ2) is 5.12. The van der Waals surface area contributed by atoms with Crippen LogP contribution >= 0.6 is 0 Å². The van der Waals surface area contributed by atoms with Crippen LogP contribution in [-0.2, 0) is 4.79 Å². The van der Waals surface area contributed by atoms with Crippen molar-refractivity contribution in [1.29, 1.82) is 0 Å². The number of carbonyl (C=O) groups is 1. The van der Waals surface area contributed by atoms with Crippen LogP contribution in [0.5, 0.6) is 0 Å². The summed E-state index contributed by atoms with van der Waals surface area (Å²) in [6, 6.07) is -0.374. The van der Waals surface area contributed by atoms with Gasteiger partial charge in [-0.05, 0) is 6.92 Å². The molecule has 0 radical (unpaired) electrons. The van der Waals surface area contributed by atoms with E-state index in [-0.39, 0.29) is 11.9 Å². The highest BCUT2D eigenvalue weighted by Crippen LogP contribution is 2.02. The van der Waals surface area contributed by atoms with E-state index in [9.17, 15) is 4.79 Å². The van der Waals surface area contributed by atoms with E-state index >= 15 is 0 Å². The van der Waals surface area contributed by atoms with Gasteiger partial charge in [0.1, 0.15) is 0 Å². The van der Waals surface area contributed by atoms with Crippen LogP contribution in [0.3, 0.4) is 0 Å². The molecule has 1 rings (SSSR count). The quantitative estimate of drug-likeness (QED) is 0.630. The third kappa shape index (κ3) is 2.82. The van der Waals surface area contributed by atoms with E-state index < -0.39 is 0 Å². The Kier molecular flexibility index (Phi) is 4.10. The Morgan fingerprint density at radius 1 is 1.50 bits per heavy atom. The summed E-state index contributed by atoms with van der Waals surface area (Å²) in [5.41, 5.74) is 5.54. The van der Waals surface area contributed by atoms with Crippen LogP contribution in [0, 0.1) is 0 Å². The molecule has 0 aromatic carbocycles. The molecule has 1 aliphatic heterocycles. The van der Waals surface area contributed by atoms with E-state index in [0.717, 1.165) is 32.7 Å². The van der Waals surface area contributed by atoms with Gasteiger partial charge in [-0.3, -0.25) is 9.69 Å². The summed E-state index contributed by atoms with van der Waals surface area (Å²) in [7, 11) is 0. The van der Waals surface area contributed by atoms with Gasteiger partial charge in [-0.25, -0.2) is 0 Å². The molecule has 1 atom stereocenters. The molecule has 14 heavy (non-hydrogen) atoms. The highest BCUT2D eigenvalue weighted by molar-refractivity contribution is 5.81. The molecular weight excluding hydrogens is 178 g/mol. The average Bonchev–Trinajstić information content (AvgIpc) is 2.18. The van der Waals surface area contributed by atoms with Gasteiger partial charge in [0.05, 0.1) is 6.04 Å². The van der Waals surface area contributed by atoms with Gasteiger partial charge < -0.3 is 10.6 Å². The maximum absolute atomic E-state index is 11.5. The predicted molar refractivity (Wildman–Crippen MR) is 56.9 cm³/mol. The van der Waals surface area contributed by atoms with Gasteiger partial charge in [0.2, 0.25) is 5.91 Å². The van der Waals surface area contributed by atoms with Crippen molar-refractivity contribution in [2.75, 3.05) is 32.7 Å². The molecule has 4 nitrogen and oxygen atoms in total. The molecule has 0 saturated carbocycles. The highest BCUT2D eigenvalue weighted by Gasteiger charge is 2.22. The van der Waals surface area contributed by atoms with Crippen LogP contribution in [0.4, 0.5) is 0 Å². The summed E-state index contributed by atoms with van der Waals surface area (Å²) >= 11 is 0. The summed E-state index contributed by atoms with van der Waals surface area (Å²) in [6.07, 6.45) is 1.89. The van der Waals surface area contributed by atoms with Crippen LogP contribution in [0.2, 0.25) is 0 Å². The van der Waals surface area contributed by atoms with Gasteiger partial charge in [0, 0.05) is 32.7 Å². The fraction of sp³-hybridized carbons (Fsp3) is 0.700. The van der Waals surface area contributed by atoms with Crippen molar-refractivity contribution in [1.82, 2.24) is 9.80 Å². The number of rotatable bonds is 3. The fourth-order valence-electron chi connectivity index (χ4n) is 1.62. The lowest BCUT2D eigenvalue weighted by Crippen LogP contribution is -2.52. The average molecular weight is 197 g/mol. The van der Waals surface area contributed by atoms with Gasteiger partial charge in [-0.15, -0.1) is 6.58 Å². The van der Waals surface area contributed by atoms with Crippen molar-refractivity contribution in [2.24, 2.45) is 5.73 Å².